The molecule has 0 aliphatic carbocycles. The number of halogens is 1. The van der Waals surface area contributed by atoms with Gasteiger partial charge in [-0.1, -0.05) is 11.6 Å². The highest BCUT2D eigenvalue weighted by Gasteiger charge is 2.08. The van der Waals surface area contributed by atoms with Crippen molar-refractivity contribution >= 4 is 28.6 Å². The van der Waals surface area contributed by atoms with Crippen LogP contribution in [0.5, 0.6) is 0 Å². The number of hydrogen-bond donors (Lipinski definition) is 0. The van der Waals surface area contributed by atoms with Gasteiger partial charge in [-0.25, -0.2) is 4.79 Å². The molecule has 0 saturated carbocycles. The largest absolute Gasteiger partial charge is 0.465 e. The molecule has 2 nitrogen and oxygen atoms in total. The SMILES string of the molecule is COC(=O)c1ccc(C)cc1I. The summed E-state index contributed by atoms with van der Waals surface area (Å²) in [7, 11) is 1.39. The van der Waals surface area contributed by atoms with Gasteiger partial charge in [0.1, 0.15) is 0 Å². The van der Waals surface area contributed by atoms with Crippen LogP contribution in [0.3, 0.4) is 0 Å². The summed E-state index contributed by atoms with van der Waals surface area (Å²) >= 11 is 2.12. The van der Waals surface area contributed by atoms with Crippen LogP contribution in [0.15, 0.2) is 18.2 Å². The van der Waals surface area contributed by atoms with Gasteiger partial charge in [-0.05, 0) is 41.6 Å². The zero-order chi connectivity index (χ0) is 9.14. The molecule has 0 aliphatic heterocycles. The zero-order valence-corrected chi connectivity index (χ0v) is 9.08. The monoisotopic (exact) mass is 276 g/mol. The highest BCUT2D eigenvalue weighted by atomic mass is 127. The van der Waals surface area contributed by atoms with E-state index in [1.807, 2.05) is 19.1 Å². The van der Waals surface area contributed by atoms with Crippen molar-refractivity contribution in [2.24, 2.45) is 0 Å². The molecule has 0 aromatic heterocycles. The van der Waals surface area contributed by atoms with Crippen molar-refractivity contribution in [1.29, 1.82) is 0 Å². The summed E-state index contributed by atoms with van der Waals surface area (Å²) in [5.41, 5.74) is 1.77. The molecule has 1 aromatic carbocycles. The Labute approximate surface area is 85.1 Å². The van der Waals surface area contributed by atoms with Crippen molar-refractivity contribution < 1.29 is 9.53 Å². The van der Waals surface area contributed by atoms with E-state index in [0.29, 0.717) is 5.56 Å². The summed E-state index contributed by atoms with van der Waals surface area (Å²) in [4.78, 5) is 11.1. The lowest BCUT2D eigenvalue weighted by molar-refractivity contribution is 0.0599. The third kappa shape index (κ3) is 1.97. The van der Waals surface area contributed by atoms with Crippen molar-refractivity contribution in [3.8, 4) is 0 Å². The Morgan fingerprint density at radius 2 is 2.17 bits per heavy atom. The molecule has 0 atom stereocenters. The summed E-state index contributed by atoms with van der Waals surface area (Å²) < 4.78 is 5.54. The quantitative estimate of drug-likeness (QED) is 0.581. The fraction of sp³-hybridized carbons (Fsp3) is 0.222. The van der Waals surface area contributed by atoms with Crippen LogP contribution in [0.25, 0.3) is 0 Å². The Morgan fingerprint density at radius 3 is 2.67 bits per heavy atom. The Balaban J connectivity index is 3.09. The van der Waals surface area contributed by atoms with Crippen LogP contribution in [0.4, 0.5) is 0 Å². The molecule has 0 radical (unpaired) electrons. The van der Waals surface area contributed by atoms with Gasteiger partial charge in [0.05, 0.1) is 12.7 Å². The second-order valence-corrected chi connectivity index (χ2v) is 3.64. The average Bonchev–Trinajstić information content (AvgIpc) is 2.03. The van der Waals surface area contributed by atoms with Gasteiger partial charge in [0.2, 0.25) is 0 Å². The van der Waals surface area contributed by atoms with Crippen LogP contribution in [-0.4, -0.2) is 13.1 Å². The number of methoxy groups -OCH3 is 1. The molecule has 0 N–H and O–H groups in total. The topological polar surface area (TPSA) is 26.3 Å². The number of ether oxygens (including phenoxy) is 1. The number of aryl methyl sites for hydroxylation is 1. The third-order valence-electron chi connectivity index (χ3n) is 1.53. The maximum absolute atomic E-state index is 11.1. The Kier molecular flexibility index (Phi) is 3.08. The highest BCUT2D eigenvalue weighted by Crippen LogP contribution is 2.14. The Hall–Kier alpha value is -0.580. The predicted octanol–water partition coefficient (Wildman–Crippen LogP) is 2.39. The van der Waals surface area contributed by atoms with Gasteiger partial charge in [-0.2, -0.15) is 0 Å². The van der Waals surface area contributed by atoms with Gasteiger partial charge in [0.25, 0.3) is 0 Å². The van der Waals surface area contributed by atoms with E-state index in [2.05, 4.69) is 27.3 Å². The first kappa shape index (κ1) is 9.51. The van der Waals surface area contributed by atoms with Crippen molar-refractivity contribution in [3.05, 3.63) is 32.9 Å². The molecule has 1 rings (SSSR count). The highest BCUT2D eigenvalue weighted by molar-refractivity contribution is 14.1. The minimum Gasteiger partial charge on any atom is -0.465 e. The Bertz CT molecular complexity index is 307. The number of esters is 1. The fourth-order valence-corrected chi connectivity index (χ4v) is 1.79. The van der Waals surface area contributed by atoms with E-state index < -0.39 is 0 Å². The number of hydrogen-bond acceptors (Lipinski definition) is 2. The standard InChI is InChI=1S/C9H9IO2/c1-6-3-4-7(8(10)5-6)9(11)12-2/h3-5H,1-2H3. The number of carbonyl (C=O) groups is 1. The van der Waals surface area contributed by atoms with Crippen molar-refractivity contribution in [1.82, 2.24) is 0 Å². The maximum atomic E-state index is 11.1. The molecular formula is C9H9IO2. The van der Waals surface area contributed by atoms with Crippen LogP contribution in [-0.2, 0) is 4.74 Å². The lowest BCUT2D eigenvalue weighted by Crippen LogP contribution is -2.03. The maximum Gasteiger partial charge on any atom is 0.338 e. The lowest BCUT2D eigenvalue weighted by atomic mass is 10.1. The minimum absolute atomic E-state index is 0.278. The molecule has 0 saturated heterocycles. The lowest BCUT2D eigenvalue weighted by Gasteiger charge is -2.02. The normalized spacial score (nSPS) is 9.58. The number of benzene rings is 1. The molecule has 12 heavy (non-hydrogen) atoms. The van der Waals surface area contributed by atoms with E-state index in [9.17, 15) is 4.79 Å². The van der Waals surface area contributed by atoms with Gasteiger partial charge >= 0.3 is 5.97 Å². The molecule has 1 aromatic rings. The number of carbonyl (C=O) groups excluding carboxylic acids is 1. The van der Waals surface area contributed by atoms with Gasteiger partial charge in [-0.15, -0.1) is 0 Å². The second-order valence-electron chi connectivity index (χ2n) is 2.47. The predicted molar refractivity (Wildman–Crippen MR) is 55.2 cm³/mol. The van der Waals surface area contributed by atoms with Crippen LogP contribution in [0.1, 0.15) is 15.9 Å². The van der Waals surface area contributed by atoms with Crippen LogP contribution in [0.2, 0.25) is 0 Å². The molecule has 0 fully saturated rings. The molecule has 0 unspecified atom stereocenters. The van der Waals surface area contributed by atoms with Gasteiger partial charge in [0.15, 0.2) is 0 Å². The third-order valence-corrected chi connectivity index (χ3v) is 2.42. The van der Waals surface area contributed by atoms with Gasteiger partial charge < -0.3 is 4.74 Å². The van der Waals surface area contributed by atoms with E-state index in [1.165, 1.54) is 7.11 Å². The Morgan fingerprint density at radius 1 is 1.50 bits per heavy atom. The minimum atomic E-state index is -0.278. The number of rotatable bonds is 1. The molecule has 64 valence electrons. The van der Waals surface area contributed by atoms with Crippen molar-refractivity contribution in [3.63, 3.8) is 0 Å². The van der Waals surface area contributed by atoms with Crippen LogP contribution in [0, 0.1) is 10.5 Å². The van der Waals surface area contributed by atoms with E-state index in [1.54, 1.807) is 6.07 Å². The molecular weight excluding hydrogens is 267 g/mol. The molecule has 0 heterocycles. The summed E-state index contributed by atoms with van der Waals surface area (Å²) in [5, 5.41) is 0. The molecule has 0 spiro atoms. The first-order valence-electron chi connectivity index (χ1n) is 3.49. The van der Waals surface area contributed by atoms with E-state index >= 15 is 0 Å². The van der Waals surface area contributed by atoms with Crippen LogP contribution < -0.4 is 0 Å². The fourth-order valence-electron chi connectivity index (χ4n) is 0.896. The smallest absolute Gasteiger partial charge is 0.338 e. The first-order chi connectivity index (χ1) is 5.65. The summed E-state index contributed by atoms with van der Waals surface area (Å²) in [6.45, 7) is 1.99. The van der Waals surface area contributed by atoms with E-state index in [-0.39, 0.29) is 5.97 Å². The molecule has 0 amide bonds. The zero-order valence-electron chi connectivity index (χ0n) is 6.93. The van der Waals surface area contributed by atoms with Gasteiger partial charge in [0, 0.05) is 3.57 Å². The van der Waals surface area contributed by atoms with Gasteiger partial charge in [-0.3, -0.25) is 0 Å². The first-order valence-corrected chi connectivity index (χ1v) is 4.57. The molecule has 0 bridgehead atoms. The van der Waals surface area contributed by atoms with Crippen molar-refractivity contribution in [2.75, 3.05) is 7.11 Å². The average molecular weight is 276 g/mol. The molecule has 3 heteroatoms. The summed E-state index contributed by atoms with van der Waals surface area (Å²) in [6, 6.07) is 5.63. The van der Waals surface area contributed by atoms with Crippen LogP contribution >= 0.6 is 22.6 Å². The molecule has 0 aliphatic rings. The summed E-state index contributed by atoms with van der Waals surface area (Å²) in [6.07, 6.45) is 0. The van der Waals surface area contributed by atoms with E-state index in [0.717, 1.165) is 9.13 Å². The second kappa shape index (κ2) is 3.89. The van der Waals surface area contributed by atoms with Crippen molar-refractivity contribution in [2.45, 2.75) is 6.92 Å². The van der Waals surface area contributed by atoms with E-state index in [4.69, 9.17) is 0 Å². The summed E-state index contributed by atoms with van der Waals surface area (Å²) in [5.74, 6) is -0.278.